The molecule has 1 saturated carbocycles. The first kappa shape index (κ1) is 21.6. The van der Waals surface area contributed by atoms with Crippen LogP contribution >= 0.6 is 0 Å². The van der Waals surface area contributed by atoms with E-state index < -0.39 is 99.5 Å². The second-order valence-electron chi connectivity index (χ2n) is 7.79. The van der Waals surface area contributed by atoms with Gasteiger partial charge in [0.05, 0.1) is 12.1 Å². The number of carbonyl (C=O) groups is 1. The molecule has 33 heavy (non-hydrogen) atoms. The third kappa shape index (κ3) is 2.55. The van der Waals surface area contributed by atoms with Crippen molar-refractivity contribution in [3.63, 3.8) is 0 Å². The smallest absolute Gasteiger partial charge is 0.282 e. The molecule has 1 aliphatic heterocycles. The van der Waals surface area contributed by atoms with Crippen LogP contribution in [0.1, 0.15) is 6.42 Å². The number of benzene rings is 2. The molecule has 5 rings (SSSR count). The highest BCUT2D eigenvalue weighted by atomic mass is 19.2. The summed E-state index contributed by atoms with van der Waals surface area (Å²) >= 11 is 0. The van der Waals surface area contributed by atoms with Crippen molar-refractivity contribution in [3.05, 3.63) is 70.3 Å². The van der Waals surface area contributed by atoms with Crippen LogP contribution in [0.5, 0.6) is 0 Å². The Bertz CT molecular complexity index is 1130. The molecule has 13 heteroatoms. The molecule has 2 fully saturated rings. The van der Waals surface area contributed by atoms with E-state index in [2.05, 4.69) is 0 Å². The van der Waals surface area contributed by atoms with Gasteiger partial charge in [0, 0.05) is 11.8 Å². The minimum absolute atomic E-state index is 0.132. The molecule has 0 aromatic heterocycles. The van der Waals surface area contributed by atoms with Gasteiger partial charge in [-0.25, -0.2) is 48.7 Å². The minimum Gasteiger partial charge on any atom is -0.282 e. The summed E-state index contributed by atoms with van der Waals surface area (Å²) in [7, 11) is 0. The fourth-order valence-electron chi connectivity index (χ4n) is 4.93. The van der Waals surface area contributed by atoms with E-state index in [1.807, 2.05) is 0 Å². The van der Waals surface area contributed by atoms with Crippen LogP contribution < -0.4 is 9.80 Å². The third-order valence-electron chi connectivity index (χ3n) is 6.24. The Hall–Kier alpha value is -3.25. The molecule has 0 N–H and O–H groups in total. The first-order valence-electron chi connectivity index (χ1n) is 9.32. The van der Waals surface area contributed by atoms with Gasteiger partial charge in [0.2, 0.25) is 11.6 Å². The average Bonchev–Trinajstić information content (AvgIpc) is 3.48. The van der Waals surface area contributed by atoms with Crippen molar-refractivity contribution in [2.75, 3.05) is 9.80 Å². The number of amides is 2. The summed E-state index contributed by atoms with van der Waals surface area (Å²) < 4.78 is 140. The van der Waals surface area contributed by atoms with Crippen LogP contribution in [0.15, 0.2) is 12.2 Å². The number of hydrogen-bond acceptors (Lipinski definition) is 1. The average molecular weight is 482 g/mol. The van der Waals surface area contributed by atoms with Crippen molar-refractivity contribution in [3.8, 4) is 0 Å². The topological polar surface area (TPSA) is 23.6 Å². The van der Waals surface area contributed by atoms with E-state index in [1.165, 1.54) is 12.2 Å². The molecule has 0 spiro atoms. The van der Waals surface area contributed by atoms with Gasteiger partial charge < -0.3 is 0 Å². The fourth-order valence-corrected chi connectivity index (χ4v) is 4.93. The number of anilines is 2. The van der Waals surface area contributed by atoms with E-state index in [0.29, 0.717) is 0 Å². The summed E-state index contributed by atoms with van der Waals surface area (Å²) in [6.45, 7) is 0. The number of urea groups is 1. The predicted molar refractivity (Wildman–Crippen MR) is 91.1 cm³/mol. The number of halogens is 10. The molecule has 0 unspecified atom stereocenters. The monoisotopic (exact) mass is 482 g/mol. The summed E-state index contributed by atoms with van der Waals surface area (Å²) in [5, 5.41) is 0. The molecule has 4 atom stereocenters. The summed E-state index contributed by atoms with van der Waals surface area (Å²) in [4.78, 5) is 13.4. The highest BCUT2D eigenvalue weighted by Crippen LogP contribution is 2.52. The van der Waals surface area contributed by atoms with Crippen molar-refractivity contribution < 1.29 is 48.7 Å². The second kappa shape index (κ2) is 6.87. The second-order valence-corrected chi connectivity index (χ2v) is 7.79. The lowest BCUT2D eigenvalue weighted by Gasteiger charge is -2.29. The lowest BCUT2D eigenvalue weighted by atomic mass is 9.95. The molecule has 174 valence electrons. The Morgan fingerprint density at radius 1 is 0.515 bits per heavy atom. The summed E-state index contributed by atoms with van der Waals surface area (Å²) in [6.07, 6.45) is 3.08. The summed E-state index contributed by atoms with van der Waals surface area (Å²) in [5.41, 5.74) is -3.36. The van der Waals surface area contributed by atoms with E-state index in [4.69, 9.17) is 0 Å². The van der Waals surface area contributed by atoms with Gasteiger partial charge in [-0.15, -0.1) is 0 Å². The molecule has 0 radical (unpaired) electrons. The summed E-state index contributed by atoms with van der Waals surface area (Å²) in [6, 6.07) is -4.53. The van der Waals surface area contributed by atoms with Gasteiger partial charge >= 0.3 is 6.03 Å². The number of nitrogens with zero attached hydrogens (tertiary/aromatic N) is 2. The van der Waals surface area contributed by atoms with Gasteiger partial charge in [0.15, 0.2) is 46.5 Å². The van der Waals surface area contributed by atoms with E-state index in [-0.39, 0.29) is 16.2 Å². The molecule has 2 bridgehead atoms. The first-order chi connectivity index (χ1) is 15.5. The van der Waals surface area contributed by atoms with E-state index in [9.17, 15) is 48.7 Å². The van der Waals surface area contributed by atoms with Crippen LogP contribution in [0.25, 0.3) is 0 Å². The van der Waals surface area contributed by atoms with Crippen LogP contribution in [0.4, 0.5) is 60.1 Å². The molecule has 2 amide bonds. The van der Waals surface area contributed by atoms with E-state index >= 15 is 0 Å². The molecule has 3 aliphatic rings. The lowest BCUT2D eigenvalue weighted by Crippen LogP contribution is -2.41. The van der Waals surface area contributed by atoms with Crippen molar-refractivity contribution in [2.24, 2.45) is 11.8 Å². The fraction of sp³-hybridized carbons (Fsp3) is 0.250. The molecular weight excluding hydrogens is 474 g/mol. The quantitative estimate of drug-likeness (QED) is 0.241. The number of hydrogen-bond donors (Lipinski definition) is 0. The molecule has 1 saturated heterocycles. The Morgan fingerprint density at radius 2 is 0.788 bits per heavy atom. The SMILES string of the molecule is O=C1N(c2c(F)c(F)c(F)c(F)c2F)[C@@H]2[C@@H]([C@@H]3C=C[C@H]2C3)N1c1c(F)c(F)c(F)c(F)c1F. The number of fused-ring (bicyclic) bond motifs is 5. The predicted octanol–water partition coefficient (Wildman–Crippen LogP) is 5.47. The van der Waals surface area contributed by atoms with Crippen molar-refractivity contribution in [2.45, 2.75) is 18.5 Å². The Labute approximate surface area is 177 Å². The highest BCUT2D eigenvalue weighted by molar-refractivity contribution is 6.08. The molecule has 2 aliphatic carbocycles. The Kier molecular flexibility index (Phi) is 4.50. The molecular formula is C20H8F10N2O. The van der Waals surface area contributed by atoms with Crippen LogP contribution in [-0.4, -0.2) is 18.1 Å². The van der Waals surface area contributed by atoms with Gasteiger partial charge in [-0.1, -0.05) is 12.2 Å². The number of rotatable bonds is 2. The Morgan fingerprint density at radius 3 is 1.09 bits per heavy atom. The first-order valence-corrected chi connectivity index (χ1v) is 9.32. The molecule has 2 aromatic carbocycles. The zero-order valence-electron chi connectivity index (χ0n) is 15.8. The van der Waals surface area contributed by atoms with Crippen LogP contribution in [0.2, 0.25) is 0 Å². The molecule has 2 aromatic rings. The van der Waals surface area contributed by atoms with E-state index in [1.54, 1.807) is 0 Å². The minimum atomic E-state index is -2.50. The highest BCUT2D eigenvalue weighted by Gasteiger charge is 2.61. The summed E-state index contributed by atoms with van der Waals surface area (Å²) in [5.74, 6) is -25.5. The lowest BCUT2D eigenvalue weighted by molar-refractivity contribution is 0.252. The van der Waals surface area contributed by atoms with Crippen molar-refractivity contribution in [1.29, 1.82) is 0 Å². The zero-order chi connectivity index (χ0) is 24.1. The van der Waals surface area contributed by atoms with Gasteiger partial charge in [-0.3, -0.25) is 9.80 Å². The molecule has 1 heterocycles. The van der Waals surface area contributed by atoms with Crippen molar-refractivity contribution in [1.82, 2.24) is 0 Å². The van der Waals surface area contributed by atoms with Gasteiger partial charge in [-0.2, -0.15) is 0 Å². The maximum Gasteiger partial charge on any atom is 0.330 e. The van der Waals surface area contributed by atoms with Gasteiger partial charge in [-0.05, 0) is 6.42 Å². The van der Waals surface area contributed by atoms with Crippen LogP contribution in [0.3, 0.4) is 0 Å². The van der Waals surface area contributed by atoms with Gasteiger partial charge in [0.1, 0.15) is 11.4 Å². The largest absolute Gasteiger partial charge is 0.330 e. The van der Waals surface area contributed by atoms with E-state index in [0.717, 1.165) is 0 Å². The van der Waals surface area contributed by atoms with Crippen molar-refractivity contribution >= 4 is 17.4 Å². The van der Waals surface area contributed by atoms with Gasteiger partial charge in [0.25, 0.3) is 0 Å². The number of carbonyl (C=O) groups excluding carboxylic acids is 1. The maximum absolute atomic E-state index is 14.5. The standard InChI is InChI=1S/C20H8F10N2O/c21-6-8(23)12(27)18(13(28)9(6)24)31-16-4-1-2-5(3-4)17(16)32(20(31)33)19-14(29)10(25)7(22)11(26)15(19)30/h1-2,4-5,16-17H,3H2/t4-,5+,16-,17+. The third-order valence-corrected chi connectivity index (χ3v) is 6.24. The zero-order valence-corrected chi connectivity index (χ0v) is 15.8. The Balaban J connectivity index is 1.77. The van der Waals surface area contributed by atoms with Crippen LogP contribution in [-0.2, 0) is 0 Å². The normalized spacial score (nSPS) is 25.6. The molecule has 3 nitrogen and oxygen atoms in total. The van der Waals surface area contributed by atoms with Crippen LogP contribution in [0, 0.1) is 70.0 Å². The maximum atomic E-state index is 14.5.